The second-order valence-electron chi connectivity index (χ2n) is 6.08. The van der Waals surface area contributed by atoms with Crippen molar-refractivity contribution in [3.05, 3.63) is 41.8 Å². The van der Waals surface area contributed by atoms with Crippen molar-refractivity contribution < 1.29 is 9.32 Å². The van der Waals surface area contributed by atoms with Crippen molar-refractivity contribution in [1.29, 1.82) is 0 Å². The van der Waals surface area contributed by atoms with Gasteiger partial charge in [0.1, 0.15) is 5.69 Å². The van der Waals surface area contributed by atoms with Crippen molar-refractivity contribution in [2.24, 2.45) is 0 Å². The molecule has 23 heavy (non-hydrogen) atoms. The maximum atomic E-state index is 12.4. The highest BCUT2D eigenvalue weighted by molar-refractivity contribution is 5.92. The average molecular weight is 314 g/mol. The minimum Gasteiger partial charge on any atom is -0.339 e. The third kappa shape index (κ3) is 3.41. The van der Waals surface area contributed by atoms with Crippen LogP contribution in [0.1, 0.15) is 67.1 Å². The van der Waals surface area contributed by atoms with E-state index in [1.54, 1.807) is 12.3 Å². The SMILES string of the molecule is CC[C@@H](C)c1noc(C2CCN(C(=O)c3ccccn3)CC2)n1. The number of piperidine rings is 1. The Morgan fingerprint density at radius 3 is 2.83 bits per heavy atom. The number of likely N-dealkylation sites (tertiary alicyclic amines) is 1. The summed E-state index contributed by atoms with van der Waals surface area (Å²) in [7, 11) is 0. The number of aromatic nitrogens is 3. The first kappa shape index (κ1) is 15.6. The lowest BCUT2D eigenvalue weighted by Gasteiger charge is -2.30. The normalized spacial score (nSPS) is 17.2. The first-order chi connectivity index (χ1) is 11.2. The fraction of sp³-hybridized carbons (Fsp3) is 0.529. The number of hydrogen-bond donors (Lipinski definition) is 0. The van der Waals surface area contributed by atoms with Crippen LogP contribution >= 0.6 is 0 Å². The maximum absolute atomic E-state index is 12.4. The molecular weight excluding hydrogens is 292 g/mol. The zero-order chi connectivity index (χ0) is 16.2. The lowest BCUT2D eigenvalue weighted by Crippen LogP contribution is -2.38. The fourth-order valence-corrected chi connectivity index (χ4v) is 2.78. The summed E-state index contributed by atoms with van der Waals surface area (Å²) in [6, 6.07) is 5.40. The van der Waals surface area contributed by atoms with Crippen molar-refractivity contribution >= 4 is 5.91 Å². The van der Waals surface area contributed by atoms with Crippen LogP contribution in [0.25, 0.3) is 0 Å². The Morgan fingerprint density at radius 1 is 1.39 bits per heavy atom. The van der Waals surface area contributed by atoms with Gasteiger partial charge in [0.2, 0.25) is 5.89 Å². The average Bonchev–Trinajstić information content (AvgIpc) is 3.11. The molecular formula is C17H22N4O2. The molecule has 6 nitrogen and oxygen atoms in total. The van der Waals surface area contributed by atoms with Crippen molar-refractivity contribution in [2.75, 3.05) is 13.1 Å². The highest BCUT2D eigenvalue weighted by Gasteiger charge is 2.28. The van der Waals surface area contributed by atoms with Crippen LogP contribution in [0.4, 0.5) is 0 Å². The topological polar surface area (TPSA) is 72.1 Å². The van der Waals surface area contributed by atoms with E-state index in [2.05, 4.69) is 29.0 Å². The molecule has 0 radical (unpaired) electrons. The van der Waals surface area contributed by atoms with E-state index in [0.29, 0.717) is 30.6 Å². The zero-order valence-electron chi connectivity index (χ0n) is 13.6. The number of pyridine rings is 1. The summed E-state index contributed by atoms with van der Waals surface area (Å²) in [6.45, 7) is 5.60. The molecule has 1 amide bonds. The summed E-state index contributed by atoms with van der Waals surface area (Å²) in [6.07, 6.45) is 4.34. The van der Waals surface area contributed by atoms with Gasteiger partial charge in [-0.1, -0.05) is 25.1 Å². The summed E-state index contributed by atoms with van der Waals surface area (Å²) in [5.74, 6) is 2.06. The van der Waals surface area contributed by atoms with E-state index in [1.165, 1.54) is 0 Å². The molecule has 0 aliphatic carbocycles. The lowest BCUT2D eigenvalue weighted by atomic mass is 9.96. The second-order valence-corrected chi connectivity index (χ2v) is 6.08. The summed E-state index contributed by atoms with van der Waals surface area (Å²) in [4.78, 5) is 22.9. The molecule has 0 aromatic carbocycles. The first-order valence-electron chi connectivity index (χ1n) is 8.22. The van der Waals surface area contributed by atoms with Crippen LogP contribution in [0.2, 0.25) is 0 Å². The Morgan fingerprint density at radius 2 is 2.17 bits per heavy atom. The molecule has 0 saturated carbocycles. The second kappa shape index (κ2) is 6.89. The Labute approximate surface area is 135 Å². The Kier molecular flexibility index (Phi) is 4.69. The molecule has 0 bridgehead atoms. The predicted molar refractivity (Wildman–Crippen MR) is 85.1 cm³/mol. The Balaban J connectivity index is 1.60. The van der Waals surface area contributed by atoms with Crippen LogP contribution in [-0.4, -0.2) is 39.0 Å². The van der Waals surface area contributed by atoms with Crippen LogP contribution < -0.4 is 0 Å². The van der Waals surface area contributed by atoms with Crippen molar-refractivity contribution in [2.45, 2.75) is 44.9 Å². The van der Waals surface area contributed by atoms with E-state index in [9.17, 15) is 4.79 Å². The van der Waals surface area contributed by atoms with E-state index >= 15 is 0 Å². The fourth-order valence-electron chi connectivity index (χ4n) is 2.78. The summed E-state index contributed by atoms with van der Waals surface area (Å²) in [5, 5.41) is 4.09. The Hall–Kier alpha value is -2.24. The molecule has 1 atom stereocenters. The largest absolute Gasteiger partial charge is 0.339 e. The van der Waals surface area contributed by atoms with Gasteiger partial charge in [0.05, 0.1) is 0 Å². The number of hydrogen-bond acceptors (Lipinski definition) is 5. The van der Waals surface area contributed by atoms with Gasteiger partial charge in [0, 0.05) is 31.1 Å². The molecule has 3 rings (SSSR count). The molecule has 1 fully saturated rings. The summed E-state index contributed by atoms with van der Waals surface area (Å²) < 4.78 is 5.43. The summed E-state index contributed by atoms with van der Waals surface area (Å²) >= 11 is 0. The van der Waals surface area contributed by atoms with Gasteiger partial charge in [-0.2, -0.15) is 4.98 Å². The third-order valence-corrected chi connectivity index (χ3v) is 4.53. The number of carbonyl (C=O) groups excluding carboxylic acids is 1. The molecule has 1 aliphatic rings. The van der Waals surface area contributed by atoms with Gasteiger partial charge in [-0.15, -0.1) is 0 Å². The molecule has 6 heteroatoms. The van der Waals surface area contributed by atoms with Crippen molar-refractivity contribution in [3.8, 4) is 0 Å². The van der Waals surface area contributed by atoms with Crippen LogP contribution in [-0.2, 0) is 0 Å². The van der Waals surface area contributed by atoms with Crippen molar-refractivity contribution in [1.82, 2.24) is 20.0 Å². The van der Waals surface area contributed by atoms with Gasteiger partial charge in [-0.25, -0.2) is 0 Å². The Bertz CT molecular complexity index is 648. The van der Waals surface area contributed by atoms with Gasteiger partial charge in [-0.3, -0.25) is 9.78 Å². The molecule has 2 aromatic heterocycles. The molecule has 0 N–H and O–H groups in total. The minimum absolute atomic E-state index is 0.00475. The van der Waals surface area contributed by atoms with Gasteiger partial charge in [0.15, 0.2) is 5.82 Å². The van der Waals surface area contributed by atoms with Crippen LogP contribution in [0.5, 0.6) is 0 Å². The number of rotatable bonds is 4. The molecule has 1 saturated heterocycles. The smallest absolute Gasteiger partial charge is 0.272 e. The van der Waals surface area contributed by atoms with E-state index < -0.39 is 0 Å². The lowest BCUT2D eigenvalue weighted by molar-refractivity contribution is 0.0698. The van der Waals surface area contributed by atoms with Crippen LogP contribution in [0.15, 0.2) is 28.9 Å². The monoisotopic (exact) mass is 314 g/mol. The molecule has 3 heterocycles. The maximum Gasteiger partial charge on any atom is 0.272 e. The van der Waals surface area contributed by atoms with Gasteiger partial charge in [-0.05, 0) is 31.4 Å². The van der Waals surface area contributed by atoms with Crippen LogP contribution in [0, 0.1) is 0 Å². The molecule has 122 valence electrons. The molecule has 0 spiro atoms. The molecule has 1 aliphatic heterocycles. The van der Waals surface area contributed by atoms with E-state index in [0.717, 1.165) is 25.1 Å². The van der Waals surface area contributed by atoms with E-state index in [-0.39, 0.29) is 11.8 Å². The quantitative estimate of drug-likeness (QED) is 0.867. The number of carbonyl (C=O) groups is 1. The van der Waals surface area contributed by atoms with E-state index in [1.807, 2.05) is 17.0 Å². The molecule has 0 unspecified atom stereocenters. The highest BCUT2D eigenvalue weighted by Crippen LogP contribution is 2.28. The zero-order valence-corrected chi connectivity index (χ0v) is 13.6. The van der Waals surface area contributed by atoms with Gasteiger partial charge in [0.25, 0.3) is 5.91 Å². The van der Waals surface area contributed by atoms with Gasteiger partial charge < -0.3 is 9.42 Å². The van der Waals surface area contributed by atoms with E-state index in [4.69, 9.17) is 4.52 Å². The minimum atomic E-state index is -0.00475. The van der Waals surface area contributed by atoms with Crippen LogP contribution in [0.3, 0.4) is 0 Å². The predicted octanol–water partition coefficient (Wildman–Crippen LogP) is 3.00. The standard InChI is InChI=1S/C17H22N4O2/c1-3-12(2)15-19-16(23-20-15)13-7-10-21(11-8-13)17(22)14-6-4-5-9-18-14/h4-6,9,12-13H,3,7-8,10-11H2,1-2H3/t12-/m1/s1. The highest BCUT2D eigenvalue weighted by atomic mass is 16.5. The number of amides is 1. The van der Waals surface area contributed by atoms with Gasteiger partial charge >= 0.3 is 0 Å². The number of nitrogens with zero attached hydrogens (tertiary/aromatic N) is 4. The first-order valence-corrected chi connectivity index (χ1v) is 8.22. The summed E-state index contributed by atoms with van der Waals surface area (Å²) in [5.41, 5.74) is 0.503. The third-order valence-electron chi connectivity index (χ3n) is 4.53. The molecule has 2 aromatic rings. The van der Waals surface area contributed by atoms with Crippen molar-refractivity contribution in [3.63, 3.8) is 0 Å².